The first kappa shape index (κ1) is 16.1. The third-order valence-electron chi connectivity index (χ3n) is 4.19. The highest BCUT2D eigenvalue weighted by Crippen LogP contribution is 2.26. The van der Waals surface area contributed by atoms with Gasteiger partial charge in [-0.15, -0.1) is 0 Å². The smallest absolute Gasteiger partial charge is 0.123 e. The van der Waals surface area contributed by atoms with E-state index >= 15 is 0 Å². The number of halogens is 1. The van der Waals surface area contributed by atoms with E-state index in [9.17, 15) is 9.50 Å². The van der Waals surface area contributed by atoms with Gasteiger partial charge in [-0.2, -0.15) is 0 Å². The van der Waals surface area contributed by atoms with Gasteiger partial charge in [-0.25, -0.2) is 4.39 Å². The first-order valence-corrected chi connectivity index (χ1v) is 7.98. The number of hydrogen-bond donors (Lipinski definition) is 1. The number of ether oxygens (including phenoxy) is 1. The minimum atomic E-state index is -0.627. The molecule has 0 saturated carbocycles. The quantitative estimate of drug-likeness (QED) is 0.939. The Bertz CT molecular complexity index is 617. The van der Waals surface area contributed by atoms with Gasteiger partial charge in [-0.05, 0) is 30.2 Å². The molecule has 0 radical (unpaired) electrons. The van der Waals surface area contributed by atoms with E-state index in [2.05, 4.69) is 17.0 Å². The topological polar surface area (TPSA) is 32.7 Å². The maximum absolute atomic E-state index is 13.0. The summed E-state index contributed by atoms with van der Waals surface area (Å²) in [6.45, 7) is 4.09. The molecule has 1 heterocycles. The van der Waals surface area contributed by atoms with Crippen LogP contribution in [0.5, 0.6) is 0 Å². The average Bonchev–Trinajstić information content (AvgIpc) is 2.55. The fourth-order valence-corrected chi connectivity index (χ4v) is 3.07. The number of aliphatic hydroxyl groups excluding tert-OH is 1. The van der Waals surface area contributed by atoms with Crippen LogP contribution >= 0.6 is 0 Å². The highest BCUT2D eigenvalue weighted by molar-refractivity contribution is 5.20. The van der Waals surface area contributed by atoms with Gasteiger partial charge in [0.25, 0.3) is 0 Å². The molecule has 3 nitrogen and oxygen atoms in total. The van der Waals surface area contributed by atoms with Gasteiger partial charge in [0, 0.05) is 19.6 Å². The van der Waals surface area contributed by atoms with Crippen LogP contribution in [0.25, 0.3) is 0 Å². The number of rotatable bonds is 4. The zero-order valence-electron chi connectivity index (χ0n) is 13.2. The predicted octanol–water partition coefficient (Wildman–Crippen LogP) is 3.32. The van der Waals surface area contributed by atoms with E-state index in [1.165, 1.54) is 12.1 Å². The molecule has 1 N–H and O–H groups in total. The Morgan fingerprint density at radius 1 is 1.13 bits per heavy atom. The summed E-state index contributed by atoms with van der Waals surface area (Å²) in [5.41, 5.74) is 1.89. The molecule has 0 aliphatic carbocycles. The Morgan fingerprint density at radius 3 is 2.52 bits per heavy atom. The first-order valence-electron chi connectivity index (χ1n) is 7.98. The molecule has 2 aromatic carbocycles. The third kappa shape index (κ3) is 4.16. The van der Waals surface area contributed by atoms with E-state index in [1.807, 2.05) is 25.1 Å². The van der Waals surface area contributed by atoms with Crippen molar-refractivity contribution in [2.45, 2.75) is 25.2 Å². The summed E-state index contributed by atoms with van der Waals surface area (Å²) in [6.07, 6.45) is -0.507. The van der Waals surface area contributed by atoms with E-state index in [0.717, 1.165) is 24.2 Å². The maximum atomic E-state index is 13.0. The molecule has 3 atom stereocenters. The average molecular weight is 315 g/mol. The summed E-state index contributed by atoms with van der Waals surface area (Å²) in [5.74, 6) is -0.287. The van der Waals surface area contributed by atoms with Crippen molar-refractivity contribution in [1.29, 1.82) is 0 Å². The monoisotopic (exact) mass is 315 g/mol. The Hall–Kier alpha value is -1.75. The summed E-state index contributed by atoms with van der Waals surface area (Å²) >= 11 is 0. The SMILES string of the molecule is CC1CN(CC(O)c2ccc(F)cc2)CC(c2ccccc2)O1. The molecule has 0 spiro atoms. The van der Waals surface area contributed by atoms with E-state index in [4.69, 9.17) is 4.74 Å². The van der Waals surface area contributed by atoms with Gasteiger partial charge in [0.1, 0.15) is 5.82 Å². The fourth-order valence-electron chi connectivity index (χ4n) is 3.07. The molecule has 1 aliphatic rings. The van der Waals surface area contributed by atoms with Crippen LogP contribution in [0.4, 0.5) is 4.39 Å². The lowest BCUT2D eigenvalue weighted by Gasteiger charge is -2.38. The predicted molar refractivity (Wildman–Crippen MR) is 87.5 cm³/mol. The van der Waals surface area contributed by atoms with Gasteiger partial charge in [-0.3, -0.25) is 4.90 Å². The molecule has 1 aliphatic heterocycles. The summed E-state index contributed by atoms with van der Waals surface area (Å²) in [7, 11) is 0. The van der Waals surface area contributed by atoms with Crippen molar-refractivity contribution in [2.75, 3.05) is 19.6 Å². The second-order valence-electron chi connectivity index (χ2n) is 6.13. The first-order chi connectivity index (χ1) is 11.1. The van der Waals surface area contributed by atoms with Crippen LogP contribution in [0.3, 0.4) is 0 Å². The number of aliphatic hydroxyl groups is 1. The number of hydrogen-bond acceptors (Lipinski definition) is 3. The van der Waals surface area contributed by atoms with E-state index in [0.29, 0.717) is 6.54 Å². The molecule has 1 saturated heterocycles. The molecule has 4 heteroatoms. The van der Waals surface area contributed by atoms with Gasteiger partial charge in [-0.1, -0.05) is 42.5 Å². The van der Waals surface area contributed by atoms with E-state index in [-0.39, 0.29) is 18.0 Å². The van der Waals surface area contributed by atoms with Gasteiger partial charge < -0.3 is 9.84 Å². The number of nitrogens with zero attached hydrogens (tertiary/aromatic N) is 1. The van der Waals surface area contributed by atoms with Crippen molar-refractivity contribution in [3.63, 3.8) is 0 Å². The molecular formula is C19H22FNO2. The lowest BCUT2D eigenvalue weighted by molar-refractivity contribution is -0.0869. The van der Waals surface area contributed by atoms with Gasteiger partial charge in [0.15, 0.2) is 0 Å². The summed E-state index contributed by atoms with van der Waals surface area (Å²) in [6, 6.07) is 16.2. The third-order valence-corrected chi connectivity index (χ3v) is 4.19. The van der Waals surface area contributed by atoms with Crippen molar-refractivity contribution in [3.05, 3.63) is 71.5 Å². The van der Waals surface area contributed by atoms with Crippen LogP contribution in [0.1, 0.15) is 30.3 Å². The Labute approximate surface area is 136 Å². The Balaban J connectivity index is 1.66. The van der Waals surface area contributed by atoms with E-state index in [1.54, 1.807) is 12.1 Å². The van der Waals surface area contributed by atoms with Gasteiger partial charge in [0.2, 0.25) is 0 Å². The van der Waals surface area contributed by atoms with Crippen molar-refractivity contribution >= 4 is 0 Å². The summed E-state index contributed by atoms with van der Waals surface area (Å²) < 4.78 is 19.0. The molecule has 2 aromatic rings. The van der Waals surface area contributed by atoms with Gasteiger partial charge in [0.05, 0.1) is 18.3 Å². The second kappa shape index (κ2) is 7.21. The largest absolute Gasteiger partial charge is 0.387 e. The Morgan fingerprint density at radius 2 is 1.83 bits per heavy atom. The van der Waals surface area contributed by atoms with Crippen LogP contribution in [0.2, 0.25) is 0 Å². The van der Waals surface area contributed by atoms with Crippen LogP contribution < -0.4 is 0 Å². The molecule has 3 rings (SSSR count). The normalized spacial score (nSPS) is 23.6. The molecule has 23 heavy (non-hydrogen) atoms. The number of benzene rings is 2. The highest BCUT2D eigenvalue weighted by atomic mass is 19.1. The van der Waals surface area contributed by atoms with Crippen molar-refractivity contribution < 1.29 is 14.2 Å². The van der Waals surface area contributed by atoms with E-state index < -0.39 is 6.10 Å². The number of morpholine rings is 1. The van der Waals surface area contributed by atoms with Crippen molar-refractivity contribution in [3.8, 4) is 0 Å². The van der Waals surface area contributed by atoms with Crippen molar-refractivity contribution in [2.24, 2.45) is 0 Å². The summed E-state index contributed by atoms with van der Waals surface area (Å²) in [4.78, 5) is 2.21. The minimum Gasteiger partial charge on any atom is -0.387 e. The van der Waals surface area contributed by atoms with Crippen LogP contribution in [-0.4, -0.2) is 35.7 Å². The lowest BCUT2D eigenvalue weighted by Crippen LogP contribution is -2.44. The molecule has 122 valence electrons. The van der Waals surface area contributed by atoms with Crippen molar-refractivity contribution in [1.82, 2.24) is 4.90 Å². The number of β-amino-alcohol motifs (C(OH)–C–C–N with tert-alkyl or cyclic N) is 1. The standard InChI is InChI=1S/C19H22FNO2/c1-14-11-21(12-18(22)15-7-9-17(20)10-8-15)13-19(23-14)16-5-3-2-4-6-16/h2-10,14,18-19,22H,11-13H2,1H3. The minimum absolute atomic E-state index is 0.0142. The lowest BCUT2D eigenvalue weighted by atomic mass is 10.0. The molecule has 0 bridgehead atoms. The molecular weight excluding hydrogens is 293 g/mol. The maximum Gasteiger partial charge on any atom is 0.123 e. The van der Waals surface area contributed by atoms with Gasteiger partial charge >= 0.3 is 0 Å². The molecule has 3 unspecified atom stereocenters. The Kier molecular flexibility index (Phi) is 5.06. The molecule has 1 fully saturated rings. The summed E-state index contributed by atoms with van der Waals surface area (Å²) in [5, 5.41) is 10.4. The van der Waals surface area contributed by atoms with Crippen LogP contribution in [-0.2, 0) is 4.74 Å². The molecule has 0 amide bonds. The zero-order valence-corrected chi connectivity index (χ0v) is 13.2. The molecule has 0 aromatic heterocycles. The fraction of sp³-hybridized carbons (Fsp3) is 0.368. The highest BCUT2D eigenvalue weighted by Gasteiger charge is 2.27. The second-order valence-corrected chi connectivity index (χ2v) is 6.13. The zero-order chi connectivity index (χ0) is 16.2. The van der Waals surface area contributed by atoms with Crippen LogP contribution in [0, 0.1) is 5.82 Å². The van der Waals surface area contributed by atoms with Crippen LogP contribution in [0.15, 0.2) is 54.6 Å².